The summed E-state index contributed by atoms with van der Waals surface area (Å²) < 4.78 is 1.56. The van der Waals surface area contributed by atoms with Gasteiger partial charge in [0.1, 0.15) is 0 Å². The number of aromatic nitrogens is 3. The van der Waals surface area contributed by atoms with Crippen LogP contribution < -0.4 is 5.69 Å². The highest BCUT2D eigenvalue weighted by atomic mass is 32.2. The van der Waals surface area contributed by atoms with Gasteiger partial charge in [-0.2, -0.15) is 0 Å². The predicted molar refractivity (Wildman–Crippen MR) is 58.6 cm³/mol. The van der Waals surface area contributed by atoms with Crippen molar-refractivity contribution in [2.75, 3.05) is 5.75 Å². The lowest BCUT2D eigenvalue weighted by atomic mass is 10.5. The number of allylic oxidation sites excluding steroid dienone is 2. The van der Waals surface area contributed by atoms with Crippen molar-refractivity contribution in [1.82, 2.24) is 14.8 Å². The van der Waals surface area contributed by atoms with E-state index in [1.165, 1.54) is 11.8 Å². The molecular formula is C9H13N3OS. The second-order valence-electron chi connectivity index (χ2n) is 2.64. The van der Waals surface area contributed by atoms with E-state index in [1.54, 1.807) is 10.6 Å². The topological polar surface area (TPSA) is 50.7 Å². The summed E-state index contributed by atoms with van der Waals surface area (Å²) in [7, 11) is 0. The van der Waals surface area contributed by atoms with Gasteiger partial charge >= 0.3 is 5.69 Å². The summed E-state index contributed by atoms with van der Waals surface area (Å²) in [6, 6.07) is 0. The third kappa shape index (κ3) is 2.63. The molecule has 1 rings (SSSR count). The minimum Gasteiger partial charge on any atom is -0.266 e. The zero-order valence-corrected chi connectivity index (χ0v) is 8.72. The third-order valence-corrected chi connectivity index (χ3v) is 2.60. The van der Waals surface area contributed by atoms with E-state index in [0.29, 0.717) is 11.7 Å². The van der Waals surface area contributed by atoms with Gasteiger partial charge in [0.2, 0.25) is 0 Å². The fourth-order valence-corrected chi connectivity index (χ4v) is 1.83. The largest absolute Gasteiger partial charge is 0.344 e. The van der Waals surface area contributed by atoms with Crippen LogP contribution in [0.3, 0.4) is 0 Å². The Balaban J connectivity index is 2.70. The van der Waals surface area contributed by atoms with Gasteiger partial charge in [-0.05, 0) is 6.42 Å². The SMILES string of the molecule is C=CCCSc1n[nH]c(=O)n1CC=C. The molecule has 0 saturated heterocycles. The monoisotopic (exact) mass is 211 g/mol. The van der Waals surface area contributed by atoms with Crippen LogP contribution in [-0.2, 0) is 6.54 Å². The van der Waals surface area contributed by atoms with E-state index in [4.69, 9.17) is 0 Å². The second kappa shape index (κ2) is 5.49. The molecule has 1 heterocycles. The molecule has 0 spiro atoms. The molecule has 5 heteroatoms. The van der Waals surface area contributed by atoms with Crippen LogP contribution in [0, 0.1) is 0 Å². The van der Waals surface area contributed by atoms with Crippen LogP contribution in [0.5, 0.6) is 0 Å². The average molecular weight is 211 g/mol. The van der Waals surface area contributed by atoms with E-state index >= 15 is 0 Å². The van der Waals surface area contributed by atoms with Crippen molar-refractivity contribution in [3.8, 4) is 0 Å². The molecular weight excluding hydrogens is 198 g/mol. The van der Waals surface area contributed by atoms with Gasteiger partial charge in [0.05, 0.1) is 0 Å². The summed E-state index contributed by atoms with van der Waals surface area (Å²) in [4.78, 5) is 11.2. The van der Waals surface area contributed by atoms with Gasteiger partial charge in [-0.1, -0.05) is 23.9 Å². The lowest BCUT2D eigenvalue weighted by Crippen LogP contribution is -2.16. The molecule has 1 N–H and O–H groups in total. The summed E-state index contributed by atoms with van der Waals surface area (Å²) in [5.41, 5.74) is -0.189. The maximum atomic E-state index is 11.2. The van der Waals surface area contributed by atoms with Crippen molar-refractivity contribution in [2.24, 2.45) is 0 Å². The molecule has 1 aromatic heterocycles. The Morgan fingerprint density at radius 2 is 2.29 bits per heavy atom. The Morgan fingerprint density at radius 3 is 2.93 bits per heavy atom. The fourth-order valence-electron chi connectivity index (χ4n) is 0.937. The number of H-pyrrole nitrogens is 1. The molecule has 0 amide bonds. The van der Waals surface area contributed by atoms with Crippen molar-refractivity contribution >= 4 is 11.8 Å². The maximum absolute atomic E-state index is 11.2. The Hall–Kier alpha value is -1.23. The van der Waals surface area contributed by atoms with E-state index in [2.05, 4.69) is 23.4 Å². The summed E-state index contributed by atoms with van der Waals surface area (Å²) in [5.74, 6) is 0.880. The summed E-state index contributed by atoms with van der Waals surface area (Å²) in [6.45, 7) is 7.71. The Kier molecular flexibility index (Phi) is 4.25. The number of nitrogens with zero attached hydrogens (tertiary/aromatic N) is 2. The quantitative estimate of drug-likeness (QED) is 0.440. The van der Waals surface area contributed by atoms with Crippen LogP contribution in [0.15, 0.2) is 35.3 Å². The van der Waals surface area contributed by atoms with Crippen molar-refractivity contribution in [3.05, 3.63) is 35.8 Å². The highest BCUT2D eigenvalue weighted by Gasteiger charge is 2.05. The Bertz CT molecular complexity index is 366. The van der Waals surface area contributed by atoms with E-state index in [0.717, 1.165) is 12.2 Å². The molecule has 76 valence electrons. The lowest BCUT2D eigenvalue weighted by molar-refractivity contribution is 0.703. The Labute approximate surface area is 86.7 Å². The van der Waals surface area contributed by atoms with Crippen LogP contribution in [-0.4, -0.2) is 20.5 Å². The van der Waals surface area contributed by atoms with Gasteiger partial charge in [-0.25, -0.2) is 9.89 Å². The predicted octanol–water partition coefficient (Wildman–Crippen LogP) is 1.43. The van der Waals surface area contributed by atoms with Gasteiger partial charge < -0.3 is 0 Å². The number of thioether (sulfide) groups is 1. The lowest BCUT2D eigenvalue weighted by Gasteiger charge is -2.00. The van der Waals surface area contributed by atoms with Gasteiger partial charge in [0.25, 0.3) is 0 Å². The van der Waals surface area contributed by atoms with E-state index in [-0.39, 0.29) is 5.69 Å². The first-order valence-electron chi connectivity index (χ1n) is 4.29. The molecule has 0 saturated carbocycles. The number of hydrogen-bond donors (Lipinski definition) is 1. The summed E-state index contributed by atoms with van der Waals surface area (Å²) in [6.07, 6.45) is 4.42. The first-order valence-corrected chi connectivity index (χ1v) is 5.28. The normalized spacial score (nSPS) is 10.0. The van der Waals surface area contributed by atoms with E-state index in [1.807, 2.05) is 6.08 Å². The molecule has 1 aromatic rings. The Morgan fingerprint density at radius 1 is 1.50 bits per heavy atom. The van der Waals surface area contributed by atoms with E-state index in [9.17, 15) is 4.79 Å². The van der Waals surface area contributed by atoms with Crippen LogP contribution in [0.1, 0.15) is 6.42 Å². The highest BCUT2D eigenvalue weighted by Crippen LogP contribution is 2.13. The first-order chi connectivity index (χ1) is 6.79. The van der Waals surface area contributed by atoms with Crippen LogP contribution in [0.4, 0.5) is 0 Å². The molecule has 0 bridgehead atoms. The number of rotatable bonds is 6. The smallest absolute Gasteiger partial charge is 0.266 e. The number of aromatic amines is 1. The van der Waals surface area contributed by atoms with Gasteiger partial charge in [0, 0.05) is 12.3 Å². The van der Waals surface area contributed by atoms with E-state index < -0.39 is 0 Å². The van der Waals surface area contributed by atoms with Crippen molar-refractivity contribution < 1.29 is 0 Å². The zero-order valence-electron chi connectivity index (χ0n) is 7.90. The van der Waals surface area contributed by atoms with Crippen LogP contribution in [0.25, 0.3) is 0 Å². The second-order valence-corrected chi connectivity index (χ2v) is 3.70. The maximum Gasteiger partial charge on any atom is 0.344 e. The molecule has 0 aromatic carbocycles. The van der Waals surface area contributed by atoms with Crippen molar-refractivity contribution in [1.29, 1.82) is 0 Å². The van der Waals surface area contributed by atoms with Gasteiger partial charge in [-0.3, -0.25) is 4.57 Å². The minimum absolute atomic E-state index is 0.189. The van der Waals surface area contributed by atoms with Gasteiger partial charge in [0.15, 0.2) is 5.16 Å². The fraction of sp³-hybridized carbons (Fsp3) is 0.333. The van der Waals surface area contributed by atoms with Crippen molar-refractivity contribution in [3.63, 3.8) is 0 Å². The molecule has 0 aliphatic rings. The molecule has 4 nitrogen and oxygen atoms in total. The van der Waals surface area contributed by atoms with Crippen LogP contribution >= 0.6 is 11.8 Å². The summed E-state index contributed by atoms with van der Waals surface area (Å²) >= 11 is 1.53. The molecule has 14 heavy (non-hydrogen) atoms. The number of nitrogens with one attached hydrogen (secondary N) is 1. The molecule has 0 aliphatic heterocycles. The average Bonchev–Trinajstić information content (AvgIpc) is 2.51. The first kappa shape index (κ1) is 10.8. The van der Waals surface area contributed by atoms with Gasteiger partial charge in [-0.15, -0.1) is 18.3 Å². The molecule has 0 radical (unpaired) electrons. The standard InChI is InChI=1S/C9H13N3OS/c1-3-5-7-14-9-11-10-8(13)12(9)6-4-2/h3-4H,1-2,5-7H2,(H,10,13). The third-order valence-electron chi connectivity index (χ3n) is 1.59. The van der Waals surface area contributed by atoms with Crippen molar-refractivity contribution in [2.45, 2.75) is 18.1 Å². The number of hydrogen-bond acceptors (Lipinski definition) is 3. The van der Waals surface area contributed by atoms with Crippen LogP contribution in [0.2, 0.25) is 0 Å². The molecule has 0 unspecified atom stereocenters. The zero-order chi connectivity index (χ0) is 10.4. The molecule has 0 atom stereocenters. The highest BCUT2D eigenvalue weighted by molar-refractivity contribution is 7.99. The minimum atomic E-state index is -0.189. The summed E-state index contributed by atoms with van der Waals surface area (Å²) in [5, 5.41) is 7.03. The molecule has 0 aliphatic carbocycles. The molecule has 0 fully saturated rings.